The van der Waals surface area contributed by atoms with Gasteiger partial charge in [0.2, 0.25) is 0 Å². The summed E-state index contributed by atoms with van der Waals surface area (Å²) in [4.78, 5) is 4.06. The summed E-state index contributed by atoms with van der Waals surface area (Å²) in [6, 6.07) is 11.4. The van der Waals surface area contributed by atoms with Crippen LogP contribution in [0.25, 0.3) is 0 Å². The van der Waals surface area contributed by atoms with Crippen LogP contribution in [-0.4, -0.2) is 16.3 Å². The third-order valence-electron chi connectivity index (χ3n) is 2.16. The largest absolute Gasteiger partial charge is 0.316 e. The molecule has 0 spiro atoms. The lowest BCUT2D eigenvalue weighted by molar-refractivity contribution is 0.628. The molecule has 96 valence electrons. The number of rotatable bonds is 3. The zero-order chi connectivity index (χ0) is 13.5. The Bertz CT molecular complexity index is 569. The molecule has 0 atom stereocenters. The van der Waals surface area contributed by atoms with E-state index in [0.29, 0.717) is 10.9 Å². The van der Waals surface area contributed by atoms with Crippen LogP contribution in [0, 0.1) is 5.82 Å². The highest BCUT2D eigenvalue weighted by Crippen LogP contribution is 2.00. The van der Waals surface area contributed by atoms with Gasteiger partial charge in [-0.3, -0.25) is 5.43 Å². The fraction of sp³-hybridized carbons (Fsp3) is 0. The van der Waals surface area contributed by atoms with Crippen molar-refractivity contribution in [3.63, 3.8) is 0 Å². The number of pyridine rings is 1. The van der Waals surface area contributed by atoms with Gasteiger partial charge in [-0.2, -0.15) is 5.10 Å². The molecule has 2 N–H and O–H groups in total. The molecule has 0 fully saturated rings. The molecule has 0 unspecified atom stereocenters. The molecule has 2 aromatic rings. The van der Waals surface area contributed by atoms with E-state index in [1.54, 1.807) is 30.6 Å². The highest BCUT2D eigenvalue weighted by molar-refractivity contribution is 7.80. The second-order valence-corrected chi connectivity index (χ2v) is 4.00. The number of benzene rings is 1. The number of nitrogens with one attached hydrogen (secondary N) is 2. The summed E-state index contributed by atoms with van der Waals surface area (Å²) in [7, 11) is 0. The molecule has 2 rings (SSSR count). The molecule has 0 amide bonds. The standard InChI is InChI=1S/C13H11FN4S/c14-11-6-4-10(5-7-11)9-16-18-13(19)17-12-3-1-2-8-15-12/h1-9H,(H2,15,17,18,19)/b16-9+. The highest BCUT2D eigenvalue weighted by Gasteiger charge is 1.95. The maximum absolute atomic E-state index is 12.7. The zero-order valence-electron chi connectivity index (χ0n) is 9.88. The van der Waals surface area contributed by atoms with E-state index >= 15 is 0 Å². The van der Waals surface area contributed by atoms with Crippen LogP contribution in [0.2, 0.25) is 0 Å². The van der Waals surface area contributed by atoms with Gasteiger partial charge < -0.3 is 5.32 Å². The van der Waals surface area contributed by atoms with Gasteiger partial charge in [-0.25, -0.2) is 9.37 Å². The van der Waals surface area contributed by atoms with E-state index in [4.69, 9.17) is 12.2 Å². The Balaban J connectivity index is 1.85. The second kappa shape index (κ2) is 6.55. The second-order valence-electron chi connectivity index (χ2n) is 3.59. The molecule has 0 saturated carbocycles. The molecule has 0 aliphatic heterocycles. The third kappa shape index (κ3) is 4.44. The maximum Gasteiger partial charge on any atom is 0.192 e. The van der Waals surface area contributed by atoms with Crippen LogP contribution in [0.5, 0.6) is 0 Å². The van der Waals surface area contributed by atoms with Crippen LogP contribution in [0.4, 0.5) is 10.2 Å². The summed E-state index contributed by atoms with van der Waals surface area (Å²) >= 11 is 5.04. The molecule has 19 heavy (non-hydrogen) atoms. The van der Waals surface area contributed by atoms with Gasteiger partial charge in [0.05, 0.1) is 6.21 Å². The van der Waals surface area contributed by atoms with E-state index in [1.807, 2.05) is 12.1 Å². The minimum Gasteiger partial charge on any atom is -0.316 e. The summed E-state index contributed by atoms with van der Waals surface area (Å²) in [6.45, 7) is 0. The molecule has 4 nitrogen and oxygen atoms in total. The Morgan fingerprint density at radius 2 is 2.00 bits per heavy atom. The van der Waals surface area contributed by atoms with Crippen LogP contribution in [-0.2, 0) is 0 Å². The lowest BCUT2D eigenvalue weighted by Gasteiger charge is -2.04. The molecule has 0 aliphatic carbocycles. The predicted molar refractivity (Wildman–Crippen MR) is 77.6 cm³/mol. The number of halogens is 1. The fourth-order valence-corrected chi connectivity index (χ4v) is 1.45. The monoisotopic (exact) mass is 274 g/mol. The van der Waals surface area contributed by atoms with Crippen molar-refractivity contribution in [1.29, 1.82) is 0 Å². The van der Waals surface area contributed by atoms with Crippen LogP contribution in [0.3, 0.4) is 0 Å². The van der Waals surface area contributed by atoms with Crippen molar-refractivity contribution < 1.29 is 4.39 Å². The van der Waals surface area contributed by atoms with E-state index < -0.39 is 0 Å². The van der Waals surface area contributed by atoms with E-state index in [2.05, 4.69) is 20.8 Å². The SMILES string of the molecule is Fc1ccc(/C=N/NC(=S)Nc2ccccn2)cc1. The normalized spacial score (nSPS) is 10.4. The summed E-state index contributed by atoms with van der Waals surface area (Å²) in [5, 5.41) is 7.14. The minimum absolute atomic E-state index is 0.280. The number of hydrazone groups is 1. The number of hydrogen-bond donors (Lipinski definition) is 2. The van der Waals surface area contributed by atoms with Crippen molar-refractivity contribution >= 4 is 29.4 Å². The molecule has 0 saturated heterocycles. The lowest BCUT2D eigenvalue weighted by Crippen LogP contribution is -2.24. The molecule has 1 heterocycles. The van der Waals surface area contributed by atoms with E-state index in [1.165, 1.54) is 12.1 Å². The number of aromatic nitrogens is 1. The molecule has 1 aromatic carbocycles. The molecule has 6 heteroatoms. The van der Waals surface area contributed by atoms with Gasteiger partial charge in [0.1, 0.15) is 11.6 Å². The van der Waals surface area contributed by atoms with Crippen molar-refractivity contribution in [3.05, 3.63) is 60.0 Å². The molecule has 0 radical (unpaired) electrons. The Morgan fingerprint density at radius 1 is 1.21 bits per heavy atom. The average Bonchev–Trinajstić information content (AvgIpc) is 2.42. The van der Waals surface area contributed by atoms with Gasteiger partial charge in [-0.1, -0.05) is 18.2 Å². The van der Waals surface area contributed by atoms with Crippen molar-refractivity contribution in [3.8, 4) is 0 Å². The van der Waals surface area contributed by atoms with Gasteiger partial charge in [-0.15, -0.1) is 0 Å². The first-order chi connectivity index (χ1) is 9.24. The van der Waals surface area contributed by atoms with Gasteiger partial charge in [0.25, 0.3) is 0 Å². The van der Waals surface area contributed by atoms with Crippen LogP contribution < -0.4 is 10.7 Å². The Kier molecular flexibility index (Phi) is 4.52. The van der Waals surface area contributed by atoms with E-state index in [9.17, 15) is 4.39 Å². The molecule has 1 aromatic heterocycles. The minimum atomic E-state index is -0.280. The molecule has 0 bridgehead atoms. The van der Waals surface area contributed by atoms with Gasteiger partial charge in [0, 0.05) is 6.20 Å². The predicted octanol–water partition coefficient (Wildman–Crippen LogP) is 2.54. The van der Waals surface area contributed by atoms with Crippen LogP contribution in [0.1, 0.15) is 5.56 Å². The Labute approximate surface area is 115 Å². The number of nitrogens with zero attached hydrogens (tertiary/aromatic N) is 2. The molecular weight excluding hydrogens is 263 g/mol. The topological polar surface area (TPSA) is 49.3 Å². The summed E-state index contributed by atoms with van der Waals surface area (Å²) < 4.78 is 12.7. The van der Waals surface area contributed by atoms with Crippen LogP contribution >= 0.6 is 12.2 Å². The smallest absolute Gasteiger partial charge is 0.192 e. The number of hydrogen-bond acceptors (Lipinski definition) is 3. The van der Waals surface area contributed by atoms with Crippen molar-refractivity contribution in [2.24, 2.45) is 5.10 Å². The number of anilines is 1. The fourth-order valence-electron chi connectivity index (χ4n) is 1.30. The lowest BCUT2D eigenvalue weighted by atomic mass is 10.2. The quantitative estimate of drug-likeness (QED) is 0.513. The third-order valence-corrected chi connectivity index (χ3v) is 2.35. The summed E-state index contributed by atoms with van der Waals surface area (Å²) in [5.41, 5.74) is 3.42. The molecular formula is C13H11FN4S. The first-order valence-electron chi connectivity index (χ1n) is 5.51. The molecule has 0 aliphatic rings. The van der Waals surface area contributed by atoms with Crippen molar-refractivity contribution in [2.75, 3.05) is 5.32 Å². The summed E-state index contributed by atoms with van der Waals surface area (Å²) in [6.07, 6.45) is 3.21. The number of thiocarbonyl (C=S) groups is 1. The van der Waals surface area contributed by atoms with Crippen molar-refractivity contribution in [2.45, 2.75) is 0 Å². The first kappa shape index (κ1) is 13.1. The van der Waals surface area contributed by atoms with Gasteiger partial charge in [-0.05, 0) is 42.0 Å². The maximum atomic E-state index is 12.7. The van der Waals surface area contributed by atoms with Crippen LogP contribution in [0.15, 0.2) is 53.8 Å². The Hall–Kier alpha value is -2.34. The van der Waals surface area contributed by atoms with E-state index in [0.717, 1.165) is 5.56 Å². The highest BCUT2D eigenvalue weighted by atomic mass is 32.1. The average molecular weight is 274 g/mol. The first-order valence-corrected chi connectivity index (χ1v) is 5.91. The summed E-state index contributed by atoms with van der Waals surface area (Å²) in [5.74, 6) is 0.356. The van der Waals surface area contributed by atoms with Gasteiger partial charge in [0.15, 0.2) is 5.11 Å². The Morgan fingerprint density at radius 3 is 2.68 bits per heavy atom. The zero-order valence-corrected chi connectivity index (χ0v) is 10.7. The van der Waals surface area contributed by atoms with Crippen molar-refractivity contribution in [1.82, 2.24) is 10.4 Å². The van der Waals surface area contributed by atoms with E-state index in [-0.39, 0.29) is 5.82 Å². The van der Waals surface area contributed by atoms with Gasteiger partial charge >= 0.3 is 0 Å².